The van der Waals surface area contributed by atoms with Gasteiger partial charge in [0.1, 0.15) is 5.82 Å². The fraction of sp³-hybridized carbons (Fsp3) is 0.438. The second-order valence-electron chi connectivity index (χ2n) is 5.30. The van der Waals surface area contributed by atoms with E-state index in [9.17, 15) is 9.18 Å². The Balaban J connectivity index is 2.08. The molecule has 2 atom stereocenters. The van der Waals surface area contributed by atoms with Crippen LogP contribution in [0, 0.1) is 34.9 Å². The Morgan fingerprint density at radius 1 is 1.37 bits per heavy atom. The number of halogens is 1. The summed E-state index contributed by atoms with van der Waals surface area (Å²) >= 11 is 0. The van der Waals surface area contributed by atoms with E-state index in [0.717, 1.165) is 5.56 Å². The average Bonchev–Trinajstić information content (AvgIpc) is 2.91. The summed E-state index contributed by atoms with van der Waals surface area (Å²) in [5.74, 6) is 5.50. The Morgan fingerprint density at radius 2 is 2.00 bits per heavy atom. The van der Waals surface area contributed by atoms with Crippen molar-refractivity contribution in [1.29, 1.82) is 0 Å². The van der Waals surface area contributed by atoms with Crippen molar-refractivity contribution in [2.24, 2.45) is 17.3 Å². The van der Waals surface area contributed by atoms with Gasteiger partial charge in [0.05, 0.1) is 12.5 Å². The Morgan fingerprint density at radius 3 is 2.58 bits per heavy atom. The lowest BCUT2D eigenvalue weighted by Gasteiger charge is -2.01. The van der Waals surface area contributed by atoms with E-state index in [4.69, 9.17) is 4.74 Å². The molecule has 0 heterocycles. The molecule has 0 aliphatic heterocycles. The molecule has 1 aliphatic carbocycles. The summed E-state index contributed by atoms with van der Waals surface area (Å²) in [5, 5.41) is 0. The van der Waals surface area contributed by atoms with E-state index < -0.39 is 0 Å². The number of hydrogen-bond acceptors (Lipinski definition) is 2. The lowest BCUT2D eigenvalue weighted by atomic mass is 10.1. The minimum Gasteiger partial charge on any atom is -0.466 e. The highest BCUT2D eigenvalue weighted by Gasteiger charge is 2.62. The molecule has 0 N–H and O–H groups in total. The predicted molar refractivity (Wildman–Crippen MR) is 70.7 cm³/mol. The Kier molecular flexibility index (Phi) is 3.61. The number of ether oxygens (including phenoxy) is 1. The van der Waals surface area contributed by atoms with Crippen LogP contribution in [0.2, 0.25) is 0 Å². The van der Waals surface area contributed by atoms with Gasteiger partial charge in [0.15, 0.2) is 0 Å². The molecule has 100 valence electrons. The highest BCUT2D eigenvalue weighted by atomic mass is 19.1. The zero-order chi connectivity index (χ0) is 14.0. The Bertz CT molecular complexity index is 534. The van der Waals surface area contributed by atoms with Gasteiger partial charge in [-0.15, -0.1) is 0 Å². The van der Waals surface area contributed by atoms with Crippen LogP contribution >= 0.6 is 0 Å². The maximum atomic E-state index is 12.8. The molecule has 0 saturated heterocycles. The lowest BCUT2D eigenvalue weighted by molar-refractivity contribution is -0.145. The van der Waals surface area contributed by atoms with Gasteiger partial charge >= 0.3 is 5.97 Å². The third-order valence-electron chi connectivity index (χ3n) is 3.58. The molecule has 2 nitrogen and oxygen atoms in total. The summed E-state index contributed by atoms with van der Waals surface area (Å²) in [6.45, 7) is 6.22. The first-order valence-corrected chi connectivity index (χ1v) is 6.40. The largest absolute Gasteiger partial charge is 0.466 e. The van der Waals surface area contributed by atoms with Crippen LogP contribution in [0.25, 0.3) is 0 Å². The van der Waals surface area contributed by atoms with Crippen LogP contribution in [0.4, 0.5) is 4.39 Å². The van der Waals surface area contributed by atoms with E-state index in [1.807, 2.05) is 13.8 Å². The van der Waals surface area contributed by atoms with Crippen LogP contribution in [0.5, 0.6) is 0 Å². The van der Waals surface area contributed by atoms with E-state index in [2.05, 4.69) is 11.8 Å². The number of rotatable bonds is 2. The highest BCUT2D eigenvalue weighted by Crippen LogP contribution is 2.58. The maximum absolute atomic E-state index is 12.8. The molecule has 1 aromatic rings. The molecule has 1 aliphatic rings. The highest BCUT2D eigenvalue weighted by molar-refractivity contribution is 5.78. The first-order chi connectivity index (χ1) is 8.96. The van der Waals surface area contributed by atoms with E-state index in [1.54, 1.807) is 19.1 Å². The summed E-state index contributed by atoms with van der Waals surface area (Å²) in [7, 11) is 0. The van der Waals surface area contributed by atoms with Crippen LogP contribution < -0.4 is 0 Å². The van der Waals surface area contributed by atoms with Crippen molar-refractivity contribution in [1.82, 2.24) is 0 Å². The van der Waals surface area contributed by atoms with Crippen LogP contribution in [0.3, 0.4) is 0 Å². The van der Waals surface area contributed by atoms with Gasteiger partial charge in [-0.3, -0.25) is 4.79 Å². The van der Waals surface area contributed by atoms with Crippen molar-refractivity contribution in [2.75, 3.05) is 6.61 Å². The summed E-state index contributed by atoms with van der Waals surface area (Å²) in [5.41, 5.74) is 0.617. The van der Waals surface area contributed by atoms with Crippen molar-refractivity contribution in [3.05, 3.63) is 35.6 Å². The van der Waals surface area contributed by atoms with Crippen LogP contribution in [-0.2, 0) is 9.53 Å². The van der Waals surface area contributed by atoms with Crippen molar-refractivity contribution in [3.63, 3.8) is 0 Å². The molecular formula is C16H17FO2. The SMILES string of the molecule is CCOC(=O)[C@H]1[C@H](C#Cc2ccc(F)cc2)C1(C)C. The predicted octanol–water partition coefficient (Wildman–Crippen LogP) is 3.01. The molecule has 0 bridgehead atoms. The molecule has 2 rings (SSSR count). The van der Waals surface area contributed by atoms with Crippen molar-refractivity contribution >= 4 is 5.97 Å². The summed E-state index contributed by atoms with van der Waals surface area (Å²) in [4.78, 5) is 11.7. The second-order valence-corrected chi connectivity index (χ2v) is 5.30. The van der Waals surface area contributed by atoms with Gasteiger partial charge in [0.2, 0.25) is 0 Å². The third-order valence-corrected chi connectivity index (χ3v) is 3.58. The van der Waals surface area contributed by atoms with E-state index >= 15 is 0 Å². The van der Waals surface area contributed by atoms with E-state index in [0.29, 0.717) is 6.61 Å². The Hall–Kier alpha value is -1.82. The molecule has 1 saturated carbocycles. The van der Waals surface area contributed by atoms with E-state index in [1.165, 1.54) is 12.1 Å². The number of esters is 1. The number of hydrogen-bond donors (Lipinski definition) is 0. The standard InChI is InChI=1S/C16H17FO2/c1-4-19-15(18)14-13(16(14,2)3)10-7-11-5-8-12(17)9-6-11/h5-6,8-9,13-14H,4H2,1-3H3/t13-,14+/m0/s1. The fourth-order valence-electron chi connectivity index (χ4n) is 2.27. The molecular weight excluding hydrogens is 243 g/mol. The average molecular weight is 260 g/mol. The zero-order valence-electron chi connectivity index (χ0n) is 11.4. The number of carbonyl (C=O) groups is 1. The molecule has 3 heteroatoms. The molecule has 1 aromatic carbocycles. The van der Waals surface area contributed by atoms with Crippen LogP contribution in [-0.4, -0.2) is 12.6 Å². The van der Waals surface area contributed by atoms with Gasteiger partial charge in [0.25, 0.3) is 0 Å². The summed E-state index contributed by atoms with van der Waals surface area (Å²) in [6, 6.07) is 6.03. The van der Waals surface area contributed by atoms with Crippen LogP contribution in [0.15, 0.2) is 24.3 Å². The van der Waals surface area contributed by atoms with Crippen molar-refractivity contribution in [2.45, 2.75) is 20.8 Å². The monoisotopic (exact) mass is 260 g/mol. The quantitative estimate of drug-likeness (QED) is 0.603. The van der Waals surface area contributed by atoms with Gasteiger partial charge in [-0.2, -0.15) is 0 Å². The molecule has 19 heavy (non-hydrogen) atoms. The first-order valence-electron chi connectivity index (χ1n) is 6.40. The fourth-order valence-corrected chi connectivity index (χ4v) is 2.27. The van der Waals surface area contributed by atoms with Crippen molar-refractivity contribution < 1.29 is 13.9 Å². The van der Waals surface area contributed by atoms with Gasteiger partial charge < -0.3 is 4.74 Å². The van der Waals surface area contributed by atoms with Gasteiger partial charge in [-0.05, 0) is 36.6 Å². The first kappa shape index (κ1) is 13.6. The molecule has 0 spiro atoms. The molecule has 1 fully saturated rings. The van der Waals surface area contributed by atoms with Gasteiger partial charge in [-0.25, -0.2) is 4.39 Å². The molecule has 0 unspecified atom stereocenters. The maximum Gasteiger partial charge on any atom is 0.310 e. The minimum absolute atomic E-state index is 0.0107. The third kappa shape index (κ3) is 2.78. The lowest BCUT2D eigenvalue weighted by Crippen LogP contribution is -2.10. The minimum atomic E-state index is -0.276. The molecule has 0 amide bonds. The number of benzene rings is 1. The zero-order valence-corrected chi connectivity index (χ0v) is 11.4. The summed E-state index contributed by atoms with van der Waals surface area (Å²) < 4.78 is 17.8. The number of carbonyl (C=O) groups excluding carboxylic acids is 1. The smallest absolute Gasteiger partial charge is 0.310 e. The normalized spacial score (nSPS) is 23.2. The Labute approximate surface area is 113 Å². The molecule has 0 aromatic heterocycles. The summed E-state index contributed by atoms with van der Waals surface area (Å²) in [6.07, 6.45) is 0. The second kappa shape index (κ2) is 5.05. The van der Waals surface area contributed by atoms with Gasteiger partial charge in [0, 0.05) is 11.5 Å². The van der Waals surface area contributed by atoms with Crippen molar-refractivity contribution in [3.8, 4) is 11.8 Å². The molecule has 0 radical (unpaired) electrons. The van der Waals surface area contributed by atoms with E-state index in [-0.39, 0.29) is 29.0 Å². The topological polar surface area (TPSA) is 26.3 Å². The van der Waals surface area contributed by atoms with Gasteiger partial charge in [-0.1, -0.05) is 25.7 Å². The van der Waals surface area contributed by atoms with Crippen LogP contribution in [0.1, 0.15) is 26.3 Å².